The first kappa shape index (κ1) is 21.0. The quantitative estimate of drug-likeness (QED) is 0.305. The van der Waals surface area contributed by atoms with Crippen LogP contribution in [0.2, 0.25) is 0 Å². The van der Waals surface area contributed by atoms with Crippen molar-refractivity contribution in [1.29, 1.82) is 0 Å². The van der Waals surface area contributed by atoms with Gasteiger partial charge in [-0.2, -0.15) is 0 Å². The van der Waals surface area contributed by atoms with E-state index in [1.807, 2.05) is 36.7 Å². The van der Waals surface area contributed by atoms with Gasteiger partial charge in [-0.05, 0) is 61.2 Å². The van der Waals surface area contributed by atoms with Gasteiger partial charge in [-0.15, -0.1) is 0 Å². The number of hydrogen-bond acceptors (Lipinski definition) is 2. The molecule has 158 valence electrons. The van der Waals surface area contributed by atoms with Crippen molar-refractivity contribution in [3.8, 4) is 22.5 Å². The van der Waals surface area contributed by atoms with Crippen LogP contribution in [0.15, 0.2) is 79.1 Å². The molecule has 0 aliphatic rings. The minimum atomic E-state index is -0.234. The molecular formula is C27H28FN3. The normalized spacial score (nSPS) is 11.0. The van der Waals surface area contributed by atoms with Crippen LogP contribution < -0.4 is 0 Å². The molecule has 0 unspecified atom stereocenters. The summed E-state index contributed by atoms with van der Waals surface area (Å²) in [6.45, 7) is 3.09. The monoisotopic (exact) mass is 413 g/mol. The van der Waals surface area contributed by atoms with E-state index in [2.05, 4.69) is 46.8 Å². The van der Waals surface area contributed by atoms with Crippen LogP contribution in [0.4, 0.5) is 4.39 Å². The highest BCUT2D eigenvalue weighted by Gasteiger charge is 2.19. The van der Waals surface area contributed by atoms with Gasteiger partial charge in [-0.3, -0.25) is 4.98 Å². The SMILES string of the molecule is CCCCc1nc(-c2ccc(F)cc2)c(-c2ccncc2)n1CCCc1ccccc1. The molecule has 0 saturated carbocycles. The minimum Gasteiger partial charge on any atom is -0.327 e. The zero-order valence-electron chi connectivity index (χ0n) is 18.0. The van der Waals surface area contributed by atoms with Gasteiger partial charge in [-0.25, -0.2) is 9.37 Å². The number of unbranched alkanes of at least 4 members (excludes halogenated alkanes) is 1. The van der Waals surface area contributed by atoms with Gasteiger partial charge in [0.15, 0.2) is 0 Å². The number of imidazole rings is 1. The lowest BCUT2D eigenvalue weighted by atomic mass is 10.1. The molecule has 0 aliphatic heterocycles. The molecule has 0 N–H and O–H groups in total. The fraction of sp³-hybridized carbons (Fsp3) is 0.259. The third-order valence-corrected chi connectivity index (χ3v) is 5.56. The summed E-state index contributed by atoms with van der Waals surface area (Å²) in [5.74, 6) is 0.865. The Morgan fingerprint density at radius 3 is 2.26 bits per heavy atom. The van der Waals surface area contributed by atoms with Crippen molar-refractivity contribution in [1.82, 2.24) is 14.5 Å². The summed E-state index contributed by atoms with van der Waals surface area (Å²) in [5, 5.41) is 0. The Morgan fingerprint density at radius 1 is 0.806 bits per heavy atom. The van der Waals surface area contributed by atoms with E-state index in [4.69, 9.17) is 4.98 Å². The Labute approximate surface area is 183 Å². The van der Waals surface area contributed by atoms with Gasteiger partial charge in [0.1, 0.15) is 11.6 Å². The smallest absolute Gasteiger partial charge is 0.123 e. The first-order valence-corrected chi connectivity index (χ1v) is 11.1. The van der Waals surface area contributed by atoms with E-state index in [-0.39, 0.29) is 5.82 Å². The molecule has 4 heteroatoms. The molecule has 2 heterocycles. The predicted octanol–water partition coefficient (Wildman–Crippen LogP) is 6.73. The van der Waals surface area contributed by atoms with Crippen molar-refractivity contribution >= 4 is 0 Å². The van der Waals surface area contributed by atoms with Crippen LogP contribution in [-0.4, -0.2) is 14.5 Å². The first-order chi connectivity index (χ1) is 15.3. The van der Waals surface area contributed by atoms with Crippen molar-refractivity contribution in [2.75, 3.05) is 0 Å². The Morgan fingerprint density at radius 2 is 1.55 bits per heavy atom. The average Bonchev–Trinajstić information content (AvgIpc) is 3.17. The van der Waals surface area contributed by atoms with Crippen molar-refractivity contribution in [3.05, 3.63) is 96.3 Å². The van der Waals surface area contributed by atoms with E-state index in [9.17, 15) is 4.39 Å². The van der Waals surface area contributed by atoms with E-state index in [1.165, 1.54) is 17.7 Å². The molecule has 0 fully saturated rings. The number of rotatable bonds is 9. The minimum absolute atomic E-state index is 0.234. The molecule has 2 aromatic carbocycles. The van der Waals surface area contributed by atoms with Crippen molar-refractivity contribution < 1.29 is 4.39 Å². The van der Waals surface area contributed by atoms with Crippen molar-refractivity contribution in [3.63, 3.8) is 0 Å². The van der Waals surface area contributed by atoms with Crippen LogP contribution in [0.3, 0.4) is 0 Å². The summed E-state index contributed by atoms with van der Waals surface area (Å²) in [6.07, 6.45) is 8.82. The summed E-state index contributed by atoms with van der Waals surface area (Å²) < 4.78 is 15.9. The summed E-state index contributed by atoms with van der Waals surface area (Å²) >= 11 is 0. The highest BCUT2D eigenvalue weighted by molar-refractivity contribution is 5.79. The summed E-state index contributed by atoms with van der Waals surface area (Å²) in [4.78, 5) is 9.26. The van der Waals surface area contributed by atoms with Gasteiger partial charge in [0.25, 0.3) is 0 Å². The fourth-order valence-electron chi connectivity index (χ4n) is 3.96. The lowest BCUT2D eigenvalue weighted by molar-refractivity contribution is 0.602. The number of hydrogen-bond donors (Lipinski definition) is 0. The second-order valence-corrected chi connectivity index (χ2v) is 7.81. The molecule has 0 amide bonds. The van der Waals surface area contributed by atoms with E-state index in [0.717, 1.165) is 67.0 Å². The number of pyridine rings is 1. The van der Waals surface area contributed by atoms with Gasteiger partial charge in [0, 0.05) is 36.5 Å². The highest BCUT2D eigenvalue weighted by Crippen LogP contribution is 2.33. The van der Waals surface area contributed by atoms with Crippen LogP contribution in [0.25, 0.3) is 22.5 Å². The molecule has 31 heavy (non-hydrogen) atoms. The average molecular weight is 414 g/mol. The zero-order valence-corrected chi connectivity index (χ0v) is 18.0. The van der Waals surface area contributed by atoms with E-state index in [0.29, 0.717) is 0 Å². The standard InChI is InChI=1S/C27H28FN3/c1-2-3-11-25-30-26(22-12-14-24(28)15-13-22)27(23-16-18-29-19-17-23)31(25)20-7-10-21-8-5-4-6-9-21/h4-6,8-9,12-19H,2-3,7,10-11,20H2,1H3. The predicted molar refractivity (Wildman–Crippen MR) is 124 cm³/mol. The lowest BCUT2D eigenvalue weighted by Gasteiger charge is -2.13. The van der Waals surface area contributed by atoms with Gasteiger partial charge >= 0.3 is 0 Å². The van der Waals surface area contributed by atoms with Crippen LogP contribution >= 0.6 is 0 Å². The molecular weight excluding hydrogens is 385 g/mol. The number of benzene rings is 2. The number of aromatic nitrogens is 3. The molecule has 3 nitrogen and oxygen atoms in total. The molecule has 4 rings (SSSR count). The fourth-order valence-corrected chi connectivity index (χ4v) is 3.96. The molecule has 0 spiro atoms. The van der Waals surface area contributed by atoms with Crippen LogP contribution in [0.5, 0.6) is 0 Å². The molecule has 2 aromatic heterocycles. The second kappa shape index (κ2) is 10.2. The van der Waals surface area contributed by atoms with Crippen LogP contribution in [0, 0.1) is 5.82 Å². The third-order valence-electron chi connectivity index (χ3n) is 5.56. The first-order valence-electron chi connectivity index (χ1n) is 11.1. The lowest BCUT2D eigenvalue weighted by Crippen LogP contribution is -2.07. The maximum atomic E-state index is 13.6. The van der Waals surface area contributed by atoms with Gasteiger partial charge in [0.05, 0.1) is 11.4 Å². The number of aryl methyl sites for hydroxylation is 2. The summed E-state index contributed by atoms with van der Waals surface area (Å²) in [6, 6.07) is 21.3. The molecule has 0 radical (unpaired) electrons. The van der Waals surface area contributed by atoms with Gasteiger partial charge in [-0.1, -0.05) is 43.7 Å². The van der Waals surface area contributed by atoms with Crippen LogP contribution in [-0.2, 0) is 19.4 Å². The van der Waals surface area contributed by atoms with E-state index < -0.39 is 0 Å². The summed E-state index contributed by atoms with van der Waals surface area (Å²) in [7, 11) is 0. The second-order valence-electron chi connectivity index (χ2n) is 7.81. The summed E-state index contributed by atoms with van der Waals surface area (Å²) in [5.41, 5.74) is 5.38. The number of halogens is 1. The molecule has 0 aliphatic carbocycles. The Bertz CT molecular complexity index is 1090. The Hall–Kier alpha value is -3.27. The van der Waals surface area contributed by atoms with Crippen molar-refractivity contribution in [2.45, 2.75) is 45.6 Å². The largest absolute Gasteiger partial charge is 0.327 e. The number of nitrogens with zero attached hydrogens (tertiary/aromatic N) is 3. The molecule has 4 aromatic rings. The van der Waals surface area contributed by atoms with Crippen molar-refractivity contribution in [2.24, 2.45) is 0 Å². The van der Waals surface area contributed by atoms with E-state index in [1.54, 1.807) is 0 Å². The van der Waals surface area contributed by atoms with Gasteiger partial charge in [0.2, 0.25) is 0 Å². The molecule has 0 atom stereocenters. The maximum absolute atomic E-state index is 13.6. The Kier molecular flexibility index (Phi) is 6.88. The Balaban J connectivity index is 1.75. The van der Waals surface area contributed by atoms with E-state index >= 15 is 0 Å². The maximum Gasteiger partial charge on any atom is 0.123 e. The molecule has 0 bridgehead atoms. The third kappa shape index (κ3) is 5.08. The topological polar surface area (TPSA) is 30.7 Å². The van der Waals surface area contributed by atoms with Gasteiger partial charge < -0.3 is 4.57 Å². The zero-order chi connectivity index (χ0) is 21.5. The molecule has 0 saturated heterocycles. The highest BCUT2D eigenvalue weighted by atomic mass is 19.1. The van der Waals surface area contributed by atoms with Crippen LogP contribution in [0.1, 0.15) is 37.6 Å².